The maximum Gasteiger partial charge on any atom is 0.250 e. The van der Waals surface area contributed by atoms with Crippen LogP contribution in [0.1, 0.15) is 26.2 Å². The molecule has 1 fully saturated rings. The second-order valence-corrected chi connectivity index (χ2v) is 8.93. The number of amides is 3. The zero-order valence-corrected chi connectivity index (χ0v) is 18.9. The van der Waals surface area contributed by atoms with E-state index in [-0.39, 0.29) is 24.3 Å². The molecule has 1 N–H and O–H groups in total. The molecule has 168 valence electrons. The van der Waals surface area contributed by atoms with Gasteiger partial charge in [-0.05, 0) is 62.6 Å². The molecule has 0 spiro atoms. The van der Waals surface area contributed by atoms with Gasteiger partial charge in [-0.15, -0.1) is 11.8 Å². The van der Waals surface area contributed by atoms with E-state index in [2.05, 4.69) is 5.32 Å². The summed E-state index contributed by atoms with van der Waals surface area (Å²) in [5.74, 6) is -0.104. The lowest BCUT2D eigenvalue weighted by atomic mass is 10.1. The van der Waals surface area contributed by atoms with Gasteiger partial charge < -0.3 is 19.9 Å². The van der Waals surface area contributed by atoms with Gasteiger partial charge in [-0.1, -0.05) is 12.1 Å². The first kappa shape index (κ1) is 22.2. The molecular weight excluding hydrogens is 426 g/mol. The Morgan fingerprint density at radius 1 is 1.06 bits per heavy atom. The maximum atomic E-state index is 13.3. The molecule has 0 saturated carbocycles. The molecule has 1 saturated heterocycles. The highest BCUT2D eigenvalue weighted by Crippen LogP contribution is 2.40. The van der Waals surface area contributed by atoms with Crippen LogP contribution in [0.3, 0.4) is 0 Å². The van der Waals surface area contributed by atoms with Gasteiger partial charge in [0, 0.05) is 23.7 Å². The summed E-state index contributed by atoms with van der Waals surface area (Å²) in [5, 5.41) is 1.97. The van der Waals surface area contributed by atoms with Gasteiger partial charge in [-0.2, -0.15) is 0 Å². The summed E-state index contributed by atoms with van der Waals surface area (Å²) in [7, 11) is 0. The van der Waals surface area contributed by atoms with E-state index in [9.17, 15) is 14.4 Å². The Balaban J connectivity index is 1.50. The number of benzene rings is 2. The van der Waals surface area contributed by atoms with Crippen molar-refractivity contribution in [2.75, 3.05) is 36.5 Å². The molecule has 2 aromatic carbocycles. The molecule has 8 heteroatoms. The molecule has 0 unspecified atom stereocenters. The second kappa shape index (κ2) is 10.1. The van der Waals surface area contributed by atoms with Crippen LogP contribution in [-0.2, 0) is 14.4 Å². The number of nitrogens with one attached hydrogen (secondary N) is 1. The van der Waals surface area contributed by atoms with Crippen LogP contribution in [0.4, 0.5) is 11.4 Å². The molecule has 2 aliphatic heterocycles. The first-order valence-electron chi connectivity index (χ1n) is 11.0. The zero-order chi connectivity index (χ0) is 22.5. The van der Waals surface area contributed by atoms with Crippen molar-refractivity contribution in [3.05, 3.63) is 48.5 Å². The van der Waals surface area contributed by atoms with Crippen molar-refractivity contribution in [1.29, 1.82) is 0 Å². The zero-order valence-electron chi connectivity index (χ0n) is 18.1. The van der Waals surface area contributed by atoms with Crippen molar-refractivity contribution < 1.29 is 19.1 Å². The topological polar surface area (TPSA) is 79.0 Å². The van der Waals surface area contributed by atoms with Crippen molar-refractivity contribution in [2.24, 2.45) is 0 Å². The monoisotopic (exact) mass is 453 g/mol. The third kappa shape index (κ3) is 4.91. The Kier molecular flexibility index (Phi) is 6.99. The fraction of sp³-hybridized carbons (Fsp3) is 0.375. The number of likely N-dealkylation sites (tertiary alicyclic amines) is 1. The fourth-order valence-electron chi connectivity index (χ4n) is 3.96. The van der Waals surface area contributed by atoms with E-state index < -0.39 is 5.25 Å². The van der Waals surface area contributed by atoms with E-state index in [1.165, 1.54) is 16.7 Å². The molecule has 3 amide bonds. The van der Waals surface area contributed by atoms with Crippen LogP contribution in [0.15, 0.2) is 53.4 Å². The third-order valence-electron chi connectivity index (χ3n) is 5.53. The van der Waals surface area contributed by atoms with E-state index in [1.54, 1.807) is 29.2 Å². The number of carbonyl (C=O) groups is 3. The van der Waals surface area contributed by atoms with Crippen molar-refractivity contribution in [3.63, 3.8) is 0 Å². The fourth-order valence-corrected chi connectivity index (χ4v) is 5.15. The van der Waals surface area contributed by atoms with Gasteiger partial charge >= 0.3 is 0 Å². The minimum absolute atomic E-state index is 0.159. The number of thioether (sulfide) groups is 1. The average molecular weight is 454 g/mol. The number of rotatable bonds is 6. The molecular formula is C24H27N3O4S. The lowest BCUT2D eigenvalue weighted by molar-refractivity contribution is -0.135. The van der Waals surface area contributed by atoms with Crippen LogP contribution in [0.5, 0.6) is 5.75 Å². The smallest absolute Gasteiger partial charge is 0.250 e. The van der Waals surface area contributed by atoms with Gasteiger partial charge in [-0.3, -0.25) is 14.4 Å². The molecule has 0 aromatic heterocycles. The van der Waals surface area contributed by atoms with E-state index in [0.29, 0.717) is 31.1 Å². The summed E-state index contributed by atoms with van der Waals surface area (Å²) >= 11 is 1.28. The van der Waals surface area contributed by atoms with Crippen LogP contribution >= 0.6 is 11.8 Å². The second-order valence-electron chi connectivity index (χ2n) is 7.78. The standard InChI is InChI=1S/C24H27N3O4S/c1-2-31-18-12-10-17(11-13-18)25-21(28)16-27-19-8-4-5-9-20(19)32-22(24(27)30)23(29)26-14-6-3-7-15-26/h4-5,8-13,22H,2-3,6-7,14-16H2,1H3,(H,25,28)/t22-/m0/s1. The Bertz CT molecular complexity index is 989. The normalized spacial score (nSPS) is 18.2. The average Bonchev–Trinajstić information content (AvgIpc) is 2.82. The predicted molar refractivity (Wildman–Crippen MR) is 125 cm³/mol. The summed E-state index contributed by atoms with van der Waals surface area (Å²) in [6.45, 7) is 3.68. The first-order valence-corrected chi connectivity index (χ1v) is 11.8. The molecule has 2 aromatic rings. The Hall–Kier alpha value is -3.00. The summed E-state index contributed by atoms with van der Waals surface area (Å²) in [6.07, 6.45) is 3.03. The van der Waals surface area contributed by atoms with E-state index in [0.717, 1.165) is 29.9 Å². The van der Waals surface area contributed by atoms with Gasteiger partial charge in [0.15, 0.2) is 5.25 Å². The molecule has 0 aliphatic carbocycles. The number of carbonyl (C=O) groups excluding carboxylic acids is 3. The highest BCUT2D eigenvalue weighted by molar-refractivity contribution is 8.01. The quantitative estimate of drug-likeness (QED) is 0.677. The molecule has 4 rings (SSSR count). The molecule has 32 heavy (non-hydrogen) atoms. The van der Waals surface area contributed by atoms with Crippen LogP contribution in [0, 0.1) is 0 Å². The highest BCUT2D eigenvalue weighted by atomic mass is 32.2. The molecule has 2 aliphatic rings. The van der Waals surface area contributed by atoms with Crippen LogP contribution in [0.25, 0.3) is 0 Å². The molecule has 0 radical (unpaired) electrons. The van der Waals surface area contributed by atoms with Crippen molar-refractivity contribution in [1.82, 2.24) is 4.90 Å². The predicted octanol–water partition coefficient (Wildman–Crippen LogP) is 3.54. The van der Waals surface area contributed by atoms with Crippen molar-refractivity contribution in [2.45, 2.75) is 36.3 Å². The summed E-state index contributed by atoms with van der Waals surface area (Å²) in [5.41, 5.74) is 1.28. The van der Waals surface area contributed by atoms with Gasteiger partial charge in [0.2, 0.25) is 11.8 Å². The molecule has 2 heterocycles. The lowest BCUT2D eigenvalue weighted by Gasteiger charge is -2.36. The van der Waals surface area contributed by atoms with Gasteiger partial charge in [0.25, 0.3) is 5.91 Å². The molecule has 7 nitrogen and oxygen atoms in total. The maximum absolute atomic E-state index is 13.3. The minimum Gasteiger partial charge on any atom is -0.494 e. The summed E-state index contributed by atoms with van der Waals surface area (Å²) < 4.78 is 5.42. The summed E-state index contributed by atoms with van der Waals surface area (Å²) in [6, 6.07) is 14.5. The number of para-hydroxylation sites is 1. The third-order valence-corrected chi connectivity index (χ3v) is 6.77. The number of anilines is 2. The number of nitrogens with zero attached hydrogens (tertiary/aromatic N) is 2. The summed E-state index contributed by atoms with van der Waals surface area (Å²) in [4.78, 5) is 43.3. The van der Waals surface area contributed by atoms with E-state index in [1.807, 2.05) is 31.2 Å². The number of fused-ring (bicyclic) bond motifs is 1. The highest BCUT2D eigenvalue weighted by Gasteiger charge is 2.40. The van der Waals surface area contributed by atoms with E-state index in [4.69, 9.17) is 4.74 Å². The number of piperidine rings is 1. The Labute approximate surface area is 192 Å². The van der Waals surface area contributed by atoms with Gasteiger partial charge in [0.05, 0.1) is 12.3 Å². The van der Waals surface area contributed by atoms with Crippen molar-refractivity contribution in [3.8, 4) is 5.75 Å². The van der Waals surface area contributed by atoms with Crippen LogP contribution in [-0.4, -0.2) is 54.1 Å². The van der Waals surface area contributed by atoms with Crippen molar-refractivity contribution >= 4 is 40.9 Å². The number of hydrogen-bond donors (Lipinski definition) is 1. The van der Waals surface area contributed by atoms with Gasteiger partial charge in [-0.25, -0.2) is 0 Å². The number of ether oxygens (including phenoxy) is 1. The molecule has 1 atom stereocenters. The molecule has 0 bridgehead atoms. The van der Waals surface area contributed by atoms with E-state index >= 15 is 0 Å². The number of hydrogen-bond acceptors (Lipinski definition) is 5. The van der Waals surface area contributed by atoms with Gasteiger partial charge in [0.1, 0.15) is 12.3 Å². The lowest BCUT2D eigenvalue weighted by Crippen LogP contribution is -2.52. The largest absolute Gasteiger partial charge is 0.494 e. The Morgan fingerprint density at radius 3 is 2.50 bits per heavy atom. The minimum atomic E-state index is -0.860. The SMILES string of the molecule is CCOc1ccc(NC(=O)CN2C(=O)[C@H](C(=O)N3CCCCC3)Sc3ccccc32)cc1. The van der Waals surface area contributed by atoms with Crippen LogP contribution in [0.2, 0.25) is 0 Å². The first-order chi connectivity index (χ1) is 15.6. The van der Waals surface area contributed by atoms with Crippen LogP contribution < -0.4 is 15.0 Å². The Morgan fingerprint density at radius 2 is 1.78 bits per heavy atom.